The fourth-order valence-electron chi connectivity index (χ4n) is 4.84. The van der Waals surface area contributed by atoms with Gasteiger partial charge in [-0.15, -0.1) is 11.8 Å². The van der Waals surface area contributed by atoms with Crippen LogP contribution in [0.25, 0.3) is 0 Å². The number of nitrogens with one attached hydrogen (secondary N) is 1. The molecular weight excluding hydrogens is 520 g/mol. The van der Waals surface area contributed by atoms with Gasteiger partial charge in [0.25, 0.3) is 0 Å². The number of methoxy groups -OCH3 is 1. The second-order valence-electron chi connectivity index (χ2n) is 9.50. The summed E-state index contributed by atoms with van der Waals surface area (Å²) in [5.41, 5.74) is 3.86. The van der Waals surface area contributed by atoms with E-state index in [0.717, 1.165) is 29.0 Å². The Balaban J connectivity index is 1.51. The van der Waals surface area contributed by atoms with Gasteiger partial charge in [0.15, 0.2) is 0 Å². The maximum absolute atomic E-state index is 14.4. The standard InChI is InChI=1S/C33H32N2O4S/c1-38-28-19-17-26(18-20-28)30(34-27-15-9-4-10-16-27)31(40-22-21-24-11-5-2-6-12-24)32(36)35-29(23-39-33(35)37)25-13-7-3-8-14-25/h2-20,29-31,34H,21-23H2,1H3/t29-,30-,31-/m1/s1. The van der Waals surface area contributed by atoms with Crippen LogP contribution in [0.1, 0.15) is 28.8 Å². The lowest BCUT2D eigenvalue weighted by Crippen LogP contribution is -2.44. The highest BCUT2D eigenvalue weighted by molar-refractivity contribution is 8.00. The molecule has 1 N–H and O–H groups in total. The first-order valence-corrected chi connectivity index (χ1v) is 14.3. The van der Waals surface area contributed by atoms with Crippen LogP contribution in [0.3, 0.4) is 0 Å². The molecule has 7 heteroatoms. The summed E-state index contributed by atoms with van der Waals surface area (Å²) in [5, 5.41) is 2.98. The summed E-state index contributed by atoms with van der Waals surface area (Å²) in [6.07, 6.45) is 0.184. The Kier molecular flexibility index (Phi) is 9.04. The highest BCUT2D eigenvalue weighted by Gasteiger charge is 2.44. The van der Waals surface area contributed by atoms with Crippen LogP contribution < -0.4 is 10.1 Å². The van der Waals surface area contributed by atoms with Crippen molar-refractivity contribution in [2.45, 2.75) is 23.8 Å². The van der Waals surface area contributed by atoms with Crippen LogP contribution in [0.15, 0.2) is 115 Å². The Hall–Kier alpha value is -4.23. The molecule has 0 unspecified atom stereocenters. The predicted molar refractivity (Wildman–Crippen MR) is 160 cm³/mol. The highest BCUT2D eigenvalue weighted by atomic mass is 32.2. The van der Waals surface area contributed by atoms with Gasteiger partial charge in [-0.2, -0.15) is 0 Å². The van der Waals surface area contributed by atoms with Crippen LogP contribution in [0, 0.1) is 0 Å². The lowest BCUT2D eigenvalue weighted by molar-refractivity contribution is -0.129. The summed E-state index contributed by atoms with van der Waals surface area (Å²) < 4.78 is 10.8. The molecule has 0 aliphatic carbocycles. The molecule has 4 aromatic carbocycles. The Morgan fingerprint density at radius 1 is 0.925 bits per heavy atom. The number of carbonyl (C=O) groups excluding carboxylic acids is 2. The molecule has 0 spiro atoms. The molecule has 5 rings (SSSR count). The number of hydrogen-bond acceptors (Lipinski definition) is 6. The number of aryl methyl sites for hydroxylation is 1. The van der Waals surface area contributed by atoms with Gasteiger partial charge in [0, 0.05) is 5.69 Å². The average Bonchev–Trinajstić information content (AvgIpc) is 3.41. The molecule has 1 saturated heterocycles. The summed E-state index contributed by atoms with van der Waals surface area (Å²) in [7, 11) is 1.63. The van der Waals surface area contributed by atoms with Crippen LogP contribution in [0.4, 0.5) is 10.5 Å². The smallest absolute Gasteiger partial charge is 0.417 e. The summed E-state index contributed by atoms with van der Waals surface area (Å²) >= 11 is 1.55. The number of thioether (sulfide) groups is 1. The number of nitrogens with zero attached hydrogens (tertiary/aromatic N) is 1. The lowest BCUT2D eigenvalue weighted by Gasteiger charge is -2.32. The Morgan fingerprint density at radius 3 is 2.20 bits per heavy atom. The van der Waals surface area contributed by atoms with Crippen LogP contribution in [-0.4, -0.2) is 41.6 Å². The van der Waals surface area contributed by atoms with Crippen molar-refractivity contribution < 1.29 is 19.1 Å². The molecule has 4 aromatic rings. The van der Waals surface area contributed by atoms with Gasteiger partial charge in [-0.3, -0.25) is 4.79 Å². The largest absolute Gasteiger partial charge is 0.497 e. The zero-order chi connectivity index (χ0) is 27.7. The minimum atomic E-state index is -0.617. The van der Waals surface area contributed by atoms with Crippen LogP contribution >= 0.6 is 11.8 Å². The molecular formula is C33H32N2O4S. The number of cyclic esters (lactones) is 1. The third-order valence-electron chi connectivity index (χ3n) is 6.94. The molecule has 6 nitrogen and oxygen atoms in total. The Bertz CT molecular complexity index is 1380. The molecule has 1 aliphatic rings. The van der Waals surface area contributed by atoms with Gasteiger partial charge in [-0.05, 0) is 53.1 Å². The Labute approximate surface area is 239 Å². The van der Waals surface area contributed by atoms with Crippen molar-refractivity contribution in [3.8, 4) is 5.75 Å². The van der Waals surface area contributed by atoms with Crippen molar-refractivity contribution >= 4 is 29.4 Å². The Morgan fingerprint density at radius 2 is 1.55 bits per heavy atom. The second-order valence-corrected chi connectivity index (χ2v) is 10.7. The van der Waals surface area contributed by atoms with Gasteiger partial charge in [0.2, 0.25) is 5.91 Å². The first-order chi connectivity index (χ1) is 19.6. The molecule has 0 aromatic heterocycles. The quantitative estimate of drug-likeness (QED) is 0.218. The van der Waals surface area contributed by atoms with E-state index in [1.807, 2.05) is 103 Å². The number of rotatable bonds is 11. The third kappa shape index (κ3) is 6.49. The molecule has 204 valence electrons. The summed E-state index contributed by atoms with van der Waals surface area (Å²) in [4.78, 5) is 28.8. The van der Waals surface area contributed by atoms with E-state index < -0.39 is 23.4 Å². The van der Waals surface area contributed by atoms with E-state index in [1.165, 1.54) is 10.5 Å². The maximum Gasteiger partial charge on any atom is 0.417 e. The predicted octanol–water partition coefficient (Wildman–Crippen LogP) is 6.91. The number of carbonyl (C=O) groups is 2. The van der Waals surface area contributed by atoms with Crippen molar-refractivity contribution in [3.63, 3.8) is 0 Å². The van der Waals surface area contributed by atoms with Crippen molar-refractivity contribution in [1.29, 1.82) is 0 Å². The number of anilines is 1. The van der Waals surface area contributed by atoms with Crippen molar-refractivity contribution in [3.05, 3.63) is 132 Å². The minimum absolute atomic E-state index is 0.134. The topological polar surface area (TPSA) is 67.9 Å². The molecule has 3 atom stereocenters. The monoisotopic (exact) mass is 552 g/mol. The van der Waals surface area contributed by atoms with Gasteiger partial charge in [0.05, 0.1) is 13.2 Å². The van der Waals surface area contributed by atoms with Gasteiger partial charge in [0.1, 0.15) is 23.6 Å². The molecule has 0 saturated carbocycles. The molecule has 0 radical (unpaired) electrons. The first-order valence-electron chi connectivity index (χ1n) is 13.3. The van der Waals surface area contributed by atoms with E-state index in [0.29, 0.717) is 5.75 Å². The van der Waals surface area contributed by atoms with Crippen LogP contribution in [-0.2, 0) is 16.0 Å². The maximum atomic E-state index is 14.4. The van der Waals surface area contributed by atoms with E-state index >= 15 is 0 Å². The van der Waals surface area contributed by atoms with Crippen molar-refractivity contribution in [2.24, 2.45) is 0 Å². The second kappa shape index (κ2) is 13.2. The zero-order valence-electron chi connectivity index (χ0n) is 22.3. The number of hydrogen-bond donors (Lipinski definition) is 1. The van der Waals surface area contributed by atoms with Crippen molar-refractivity contribution in [2.75, 3.05) is 24.8 Å². The van der Waals surface area contributed by atoms with Crippen LogP contribution in [0.5, 0.6) is 5.75 Å². The fourth-order valence-corrected chi connectivity index (χ4v) is 6.12. The minimum Gasteiger partial charge on any atom is -0.497 e. The van der Waals surface area contributed by atoms with E-state index in [2.05, 4.69) is 17.4 Å². The number of ether oxygens (including phenoxy) is 2. The van der Waals surface area contributed by atoms with Gasteiger partial charge in [-0.25, -0.2) is 9.69 Å². The highest BCUT2D eigenvalue weighted by Crippen LogP contribution is 2.37. The average molecular weight is 553 g/mol. The van der Waals surface area contributed by atoms with Crippen LogP contribution in [0.2, 0.25) is 0 Å². The van der Waals surface area contributed by atoms with E-state index in [9.17, 15) is 9.59 Å². The molecule has 2 amide bonds. The third-order valence-corrected chi connectivity index (χ3v) is 8.22. The number of amides is 2. The van der Waals surface area contributed by atoms with E-state index in [-0.39, 0.29) is 12.5 Å². The number of para-hydroxylation sites is 1. The molecule has 40 heavy (non-hydrogen) atoms. The van der Waals surface area contributed by atoms with E-state index in [1.54, 1.807) is 18.9 Å². The SMILES string of the molecule is COc1ccc([C@@H](Nc2ccccc2)[C@@H](SCCc2ccccc2)C(=O)N2C(=O)OC[C@@H]2c2ccccc2)cc1. The number of benzene rings is 4. The van der Waals surface area contributed by atoms with Gasteiger partial charge < -0.3 is 14.8 Å². The van der Waals surface area contributed by atoms with Gasteiger partial charge in [-0.1, -0.05) is 91.0 Å². The molecule has 1 fully saturated rings. The molecule has 0 bridgehead atoms. The molecule has 1 heterocycles. The summed E-state index contributed by atoms with van der Waals surface area (Å²) in [6.45, 7) is 0.134. The zero-order valence-corrected chi connectivity index (χ0v) is 23.1. The molecule has 1 aliphatic heterocycles. The normalized spacial score (nSPS) is 16.2. The van der Waals surface area contributed by atoms with Crippen molar-refractivity contribution in [1.82, 2.24) is 4.90 Å². The lowest BCUT2D eigenvalue weighted by atomic mass is 10.00. The van der Waals surface area contributed by atoms with Gasteiger partial charge >= 0.3 is 6.09 Å². The first kappa shape index (κ1) is 27.3. The number of imide groups is 1. The van der Waals surface area contributed by atoms with E-state index in [4.69, 9.17) is 9.47 Å². The fraction of sp³-hybridized carbons (Fsp3) is 0.212. The summed E-state index contributed by atoms with van der Waals surface area (Å²) in [6, 6.07) is 36.4. The summed E-state index contributed by atoms with van der Waals surface area (Å²) in [5.74, 6) is 1.15.